The predicted molar refractivity (Wildman–Crippen MR) is 274 cm³/mol. The molecule has 0 spiro atoms. The summed E-state index contributed by atoms with van der Waals surface area (Å²) in [5.74, 6) is 0. The molecular weight excluding hydrogens is 785 g/mol. The molecule has 0 saturated heterocycles. The summed E-state index contributed by atoms with van der Waals surface area (Å²) in [5.41, 5.74) is 19.4. The molecule has 13 rings (SSSR count). The third-order valence-electron chi connectivity index (χ3n) is 14.1. The number of hydrogen-bond donors (Lipinski definition) is 0. The lowest BCUT2D eigenvalue weighted by Crippen LogP contribution is -2.15. The molecular formula is C63H44N2. The zero-order valence-corrected chi connectivity index (χ0v) is 36.3. The molecule has 65 heavy (non-hydrogen) atoms. The third-order valence-corrected chi connectivity index (χ3v) is 14.1. The van der Waals surface area contributed by atoms with Gasteiger partial charge in [-0.2, -0.15) is 0 Å². The van der Waals surface area contributed by atoms with Crippen molar-refractivity contribution in [3.63, 3.8) is 0 Å². The van der Waals surface area contributed by atoms with Gasteiger partial charge in [0, 0.05) is 38.7 Å². The van der Waals surface area contributed by atoms with E-state index >= 15 is 0 Å². The Labute approximate surface area is 378 Å². The van der Waals surface area contributed by atoms with E-state index in [1.54, 1.807) is 0 Å². The van der Waals surface area contributed by atoms with E-state index in [1.165, 1.54) is 110 Å². The summed E-state index contributed by atoms with van der Waals surface area (Å²) in [5, 5.41) is 7.41. The number of fused-ring (bicyclic) bond motifs is 7. The van der Waals surface area contributed by atoms with Crippen LogP contribution < -0.4 is 0 Å². The van der Waals surface area contributed by atoms with Crippen LogP contribution in [0.1, 0.15) is 25.0 Å². The van der Waals surface area contributed by atoms with Crippen LogP contribution >= 0.6 is 0 Å². The van der Waals surface area contributed by atoms with Crippen LogP contribution in [0.15, 0.2) is 231 Å². The second-order valence-electron chi connectivity index (χ2n) is 18.1. The summed E-state index contributed by atoms with van der Waals surface area (Å²) in [6.45, 7) is 4.85. The maximum atomic E-state index is 2.53. The Morgan fingerprint density at radius 3 is 1.03 bits per heavy atom. The first kappa shape index (κ1) is 37.4. The Kier molecular flexibility index (Phi) is 8.29. The van der Waals surface area contributed by atoms with Gasteiger partial charge in [-0.15, -0.1) is 0 Å². The van der Waals surface area contributed by atoms with E-state index in [0.717, 1.165) is 11.4 Å². The summed E-state index contributed by atoms with van der Waals surface area (Å²) < 4.78 is 5.06. The molecule has 0 amide bonds. The number of hydrogen-bond acceptors (Lipinski definition) is 0. The molecule has 1 aliphatic rings. The van der Waals surface area contributed by atoms with Crippen molar-refractivity contribution < 1.29 is 0 Å². The summed E-state index contributed by atoms with van der Waals surface area (Å²) in [6, 6.07) is 85.2. The number of benzene rings is 10. The summed E-state index contributed by atoms with van der Waals surface area (Å²) >= 11 is 0. The second-order valence-corrected chi connectivity index (χ2v) is 18.1. The molecule has 0 saturated carbocycles. The van der Waals surface area contributed by atoms with E-state index < -0.39 is 0 Å². The Balaban J connectivity index is 1.15. The zero-order valence-electron chi connectivity index (χ0n) is 36.3. The number of nitrogens with zero attached hydrogens (tertiary/aromatic N) is 2. The Hall–Kier alpha value is -8.20. The summed E-state index contributed by atoms with van der Waals surface area (Å²) in [7, 11) is 0. The van der Waals surface area contributed by atoms with Crippen molar-refractivity contribution in [1.29, 1.82) is 0 Å². The molecule has 0 atom stereocenters. The molecule has 0 aliphatic heterocycles. The topological polar surface area (TPSA) is 9.86 Å². The Morgan fingerprint density at radius 1 is 0.308 bits per heavy atom. The minimum absolute atomic E-state index is 0.302. The predicted octanol–water partition coefficient (Wildman–Crippen LogP) is 16.9. The lowest BCUT2D eigenvalue weighted by atomic mass is 9.82. The molecule has 2 nitrogen and oxygen atoms in total. The van der Waals surface area contributed by atoms with Gasteiger partial charge >= 0.3 is 0 Å². The first-order valence-electron chi connectivity index (χ1n) is 22.7. The van der Waals surface area contributed by atoms with E-state index in [4.69, 9.17) is 0 Å². The Bertz CT molecular complexity index is 3560. The molecule has 10 aromatic carbocycles. The highest BCUT2D eigenvalue weighted by atomic mass is 15.0. The monoisotopic (exact) mass is 828 g/mol. The van der Waals surface area contributed by atoms with E-state index in [1.807, 2.05) is 0 Å². The lowest BCUT2D eigenvalue weighted by molar-refractivity contribution is 0.661. The number of aromatic nitrogens is 2. The largest absolute Gasteiger partial charge is 0.309 e. The third kappa shape index (κ3) is 5.74. The second kappa shape index (κ2) is 14.4. The minimum atomic E-state index is -0.302. The van der Waals surface area contributed by atoms with Crippen molar-refractivity contribution >= 4 is 43.4 Å². The van der Waals surface area contributed by atoms with Gasteiger partial charge in [0.1, 0.15) is 0 Å². The van der Waals surface area contributed by atoms with Crippen molar-refractivity contribution in [2.24, 2.45) is 0 Å². The quantitative estimate of drug-likeness (QED) is 0.158. The van der Waals surface area contributed by atoms with Crippen molar-refractivity contribution in [3.05, 3.63) is 242 Å². The fourth-order valence-electron chi connectivity index (χ4n) is 11.0. The van der Waals surface area contributed by atoms with Crippen LogP contribution in [0.4, 0.5) is 0 Å². The van der Waals surface area contributed by atoms with E-state index in [-0.39, 0.29) is 5.41 Å². The van der Waals surface area contributed by atoms with Gasteiger partial charge in [0.25, 0.3) is 0 Å². The highest BCUT2D eigenvalue weighted by Crippen LogP contribution is 2.55. The molecule has 0 unspecified atom stereocenters. The minimum Gasteiger partial charge on any atom is -0.309 e. The van der Waals surface area contributed by atoms with Crippen LogP contribution in [0, 0.1) is 0 Å². The molecule has 0 fully saturated rings. The van der Waals surface area contributed by atoms with E-state index in [0.29, 0.717) is 0 Å². The van der Waals surface area contributed by atoms with Crippen LogP contribution in [-0.4, -0.2) is 9.13 Å². The lowest BCUT2D eigenvalue weighted by Gasteiger charge is -2.22. The highest BCUT2D eigenvalue weighted by Gasteiger charge is 2.39. The van der Waals surface area contributed by atoms with Crippen LogP contribution in [0.3, 0.4) is 0 Å². The molecule has 2 heteroatoms. The normalized spacial score (nSPS) is 12.9. The van der Waals surface area contributed by atoms with Crippen LogP contribution in [-0.2, 0) is 5.41 Å². The van der Waals surface area contributed by atoms with Gasteiger partial charge in [0.05, 0.1) is 22.4 Å². The zero-order chi connectivity index (χ0) is 43.2. The van der Waals surface area contributed by atoms with Crippen molar-refractivity contribution in [3.8, 4) is 67.3 Å². The van der Waals surface area contributed by atoms with Gasteiger partial charge in [-0.3, -0.25) is 0 Å². The highest BCUT2D eigenvalue weighted by molar-refractivity contribution is 6.12. The van der Waals surface area contributed by atoms with Crippen LogP contribution in [0.25, 0.3) is 111 Å². The van der Waals surface area contributed by atoms with E-state index in [2.05, 4.69) is 254 Å². The van der Waals surface area contributed by atoms with Crippen molar-refractivity contribution in [2.45, 2.75) is 19.3 Å². The first-order valence-corrected chi connectivity index (χ1v) is 22.7. The van der Waals surface area contributed by atoms with Gasteiger partial charge < -0.3 is 9.13 Å². The fourth-order valence-corrected chi connectivity index (χ4v) is 11.0. The fraction of sp³-hybridized carbons (Fsp3) is 0.0476. The van der Waals surface area contributed by atoms with Crippen molar-refractivity contribution in [2.75, 3.05) is 0 Å². The van der Waals surface area contributed by atoms with Gasteiger partial charge in [-0.05, 0) is 115 Å². The summed E-state index contributed by atoms with van der Waals surface area (Å²) in [6.07, 6.45) is 0. The SMILES string of the molecule is CC1(C)c2cc3c(cc2-c2cc4c(-c5ccccc5)c(-c5ccccc5)n(-c5ccc6ccccc6c5)c4cc21)c(-c1ccccc1)c(-c1ccccc1)n3-c1ccc2ccccc2c1. The molecule has 0 radical (unpaired) electrons. The van der Waals surface area contributed by atoms with Gasteiger partial charge in [-0.1, -0.05) is 196 Å². The molecule has 0 bridgehead atoms. The van der Waals surface area contributed by atoms with Gasteiger partial charge in [0.2, 0.25) is 0 Å². The van der Waals surface area contributed by atoms with Crippen LogP contribution in [0.5, 0.6) is 0 Å². The van der Waals surface area contributed by atoms with E-state index in [9.17, 15) is 0 Å². The molecule has 12 aromatic rings. The molecule has 2 aromatic heterocycles. The van der Waals surface area contributed by atoms with Gasteiger partial charge in [0.15, 0.2) is 0 Å². The van der Waals surface area contributed by atoms with Crippen LogP contribution in [0.2, 0.25) is 0 Å². The average Bonchev–Trinajstić information content (AvgIpc) is 3.96. The molecule has 2 heterocycles. The Morgan fingerprint density at radius 2 is 0.646 bits per heavy atom. The first-order chi connectivity index (χ1) is 32.0. The molecule has 1 aliphatic carbocycles. The van der Waals surface area contributed by atoms with Gasteiger partial charge in [-0.25, -0.2) is 0 Å². The smallest absolute Gasteiger partial charge is 0.0619 e. The summed E-state index contributed by atoms with van der Waals surface area (Å²) in [4.78, 5) is 0. The van der Waals surface area contributed by atoms with Crippen molar-refractivity contribution in [1.82, 2.24) is 9.13 Å². The maximum Gasteiger partial charge on any atom is 0.0619 e. The average molecular weight is 829 g/mol. The molecule has 306 valence electrons. The standard InChI is InChI=1S/C63H44N2/c1-63(2)55-39-57-53(59(43-21-7-3-8-22-43)61(45-25-11-5-12-26-45)64(57)49-33-31-41-19-15-17-29-47(41)35-49)37-51(55)52-38-54-58(40-56(52)63)65(50-34-32-42-20-16-18-30-48(42)36-50)62(46-27-13-6-14-28-46)60(54)44-23-9-4-10-24-44/h3-40H,1-2H3. The maximum absolute atomic E-state index is 2.53. The molecule has 0 N–H and O–H groups in total. The number of rotatable bonds is 6.